The molecule has 0 radical (unpaired) electrons. The highest BCUT2D eigenvalue weighted by molar-refractivity contribution is 7.93. The van der Waals surface area contributed by atoms with Crippen molar-refractivity contribution in [2.75, 3.05) is 16.6 Å². The maximum Gasteiger partial charge on any atom is 0.267 e. The summed E-state index contributed by atoms with van der Waals surface area (Å²) in [7, 11) is -3.92. The molecule has 21 heavy (non-hydrogen) atoms. The molecule has 1 aliphatic heterocycles. The molecule has 1 aliphatic rings. The molecule has 3 rings (SSSR count). The van der Waals surface area contributed by atoms with E-state index in [1.807, 2.05) is 0 Å². The Morgan fingerprint density at radius 1 is 1.24 bits per heavy atom. The van der Waals surface area contributed by atoms with Gasteiger partial charge in [0.2, 0.25) is 0 Å². The van der Waals surface area contributed by atoms with Gasteiger partial charge in [0.15, 0.2) is 0 Å². The van der Waals surface area contributed by atoms with Crippen LogP contribution in [-0.4, -0.2) is 15.0 Å². The van der Waals surface area contributed by atoms with Crippen LogP contribution in [0.1, 0.15) is 5.56 Å². The smallest absolute Gasteiger partial charge is 0.267 e. The van der Waals surface area contributed by atoms with Gasteiger partial charge in [0.25, 0.3) is 10.0 Å². The molecule has 0 unspecified atom stereocenters. The molecule has 0 saturated carbocycles. The van der Waals surface area contributed by atoms with Crippen molar-refractivity contribution in [2.24, 2.45) is 0 Å². The summed E-state index contributed by atoms with van der Waals surface area (Å²) in [5.41, 5.74) is 6.96. The second-order valence-corrected chi connectivity index (χ2v) is 6.96. The normalized spacial score (nSPS) is 14.3. The summed E-state index contributed by atoms with van der Waals surface area (Å²) in [6.45, 7) is 0.242. The van der Waals surface area contributed by atoms with E-state index in [0.29, 0.717) is 12.1 Å². The summed E-state index contributed by atoms with van der Waals surface area (Å²) in [5, 5.41) is 0.0554. The molecule has 0 spiro atoms. The Labute approximate surface area is 127 Å². The van der Waals surface area contributed by atoms with E-state index >= 15 is 0 Å². The van der Waals surface area contributed by atoms with Crippen molar-refractivity contribution in [1.29, 1.82) is 0 Å². The number of rotatable bonds is 2. The van der Waals surface area contributed by atoms with Crippen LogP contribution < -0.4 is 10.0 Å². The molecular formula is C14H12ClFN2O2S. The lowest BCUT2D eigenvalue weighted by Crippen LogP contribution is -2.30. The molecule has 0 bridgehead atoms. The number of sulfonamides is 1. The van der Waals surface area contributed by atoms with Crippen LogP contribution in [0.15, 0.2) is 41.3 Å². The van der Waals surface area contributed by atoms with E-state index in [1.54, 1.807) is 12.1 Å². The van der Waals surface area contributed by atoms with E-state index in [0.717, 1.165) is 9.87 Å². The fourth-order valence-electron chi connectivity index (χ4n) is 2.48. The van der Waals surface area contributed by atoms with Gasteiger partial charge in [-0.3, -0.25) is 4.31 Å². The molecule has 4 nitrogen and oxygen atoms in total. The molecule has 0 atom stereocenters. The first kappa shape index (κ1) is 14.2. The zero-order valence-electron chi connectivity index (χ0n) is 10.9. The van der Waals surface area contributed by atoms with E-state index < -0.39 is 15.8 Å². The minimum absolute atomic E-state index is 0.0554. The van der Waals surface area contributed by atoms with Gasteiger partial charge in [-0.05, 0) is 36.2 Å². The number of halogens is 2. The van der Waals surface area contributed by atoms with Crippen LogP contribution in [0.5, 0.6) is 0 Å². The van der Waals surface area contributed by atoms with Crippen molar-refractivity contribution in [3.05, 3.63) is 52.8 Å². The summed E-state index contributed by atoms with van der Waals surface area (Å²) in [6.07, 6.45) is 0.527. The molecule has 0 aromatic heterocycles. The molecule has 0 aliphatic carbocycles. The van der Waals surface area contributed by atoms with Gasteiger partial charge in [-0.2, -0.15) is 0 Å². The number of hydrogen-bond acceptors (Lipinski definition) is 3. The standard InChI is InChI=1S/C14H12ClFN2O2S/c15-11-2-1-3-12(17)14(11)21(19,20)18-7-6-9-4-5-10(16)8-13(9)18/h1-5,8H,6-7,17H2. The van der Waals surface area contributed by atoms with Gasteiger partial charge in [-0.25, -0.2) is 12.8 Å². The average Bonchev–Trinajstić information content (AvgIpc) is 2.81. The SMILES string of the molecule is Nc1cccc(Cl)c1S(=O)(=O)N1CCc2ccc(F)cc21. The number of nitrogen functional groups attached to an aromatic ring is 1. The second-order valence-electron chi connectivity index (χ2n) is 4.76. The van der Waals surface area contributed by atoms with Crippen molar-refractivity contribution in [2.45, 2.75) is 11.3 Å². The van der Waals surface area contributed by atoms with Crippen molar-refractivity contribution in [3.63, 3.8) is 0 Å². The van der Waals surface area contributed by atoms with E-state index in [9.17, 15) is 12.8 Å². The Hall–Kier alpha value is -1.79. The quantitative estimate of drug-likeness (QED) is 0.863. The van der Waals surface area contributed by atoms with Gasteiger partial charge < -0.3 is 5.73 Å². The van der Waals surface area contributed by atoms with E-state index in [4.69, 9.17) is 17.3 Å². The van der Waals surface area contributed by atoms with Crippen LogP contribution in [0.2, 0.25) is 5.02 Å². The lowest BCUT2D eigenvalue weighted by Gasteiger charge is -2.21. The van der Waals surface area contributed by atoms with Gasteiger partial charge in [0, 0.05) is 6.54 Å². The predicted molar refractivity (Wildman–Crippen MR) is 80.5 cm³/mol. The number of benzene rings is 2. The minimum Gasteiger partial charge on any atom is -0.398 e. The number of hydrogen-bond donors (Lipinski definition) is 1. The third kappa shape index (κ3) is 2.24. The van der Waals surface area contributed by atoms with Crippen LogP contribution in [-0.2, 0) is 16.4 Å². The van der Waals surface area contributed by atoms with Crippen molar-refractivity contribution >= 4 is 33.0 Å². The summed E-state index contributed by atoms with van der Waals surface area (Å²) in [5.74, 6) is -0.483. The molecule has 2 aromatic rings. The fourth-order valence-corrected chi connectivity index (χ4v) is 4.62. The van der Waals surface area contributed by atoms with Gasteiger partial charge in [0.05, 0.1) is 16.4 Å². The van der Waals surface area contributed by atoms with E-state index in [1.165, 1.54) is 24.3 Å². The maximum absolute atomic E-state index is 13.4. The van der Waals surface area contributed by atoms with Crippen LogP contribution >= 0.6 is 11.6 Å². The summed E-state index contributed by atoms with van der Waals surface area (Å²) < 4.78 is 40.1. The highest BCUT2D eigenvalue weighted by Crippen LogP contribution is 2.37. The third-order valence-electron chi connectivity index (χ3n) is 3.45. The Morgan fingerprint density at radius 2 is 2.00 bits per heavy atom. The zero-order chi connectivity index (χ0) is 15.2. The Bertz CT molecular complexity index is 803. The fraction of sp³-hybridized carbons (Fsp3) is 0.143. The van der Waals surface area contributed by atoms with Crippen LogP contribution in [0.25, 0.3) is 0 Å². The molecule has 1 heterocycles. The molecule has 0 saturated heterocycles. The second kappa shape index (κ2) is 4.89. The lowest BCUT2D eigenvalue weighted by atomic mass is 10.2. The van der Waals surface area contributed by atoms with Crippen LogP contribution in [0.4, 0.5) is 15.8 Å². The number of nitrogens with zero attached hydrogens (tertiary/aromatic N) is 1. The van der Waals surface area contributed by atoms with Gasteiger partial charge in [-0.15, -0.1) is 0 Å². The molecule has 2 N–H and O–H groups in total. The highest BCUT2D eigenvalue weighted by atomic mass is 35.5. The number of nitrogens with two attached hydrogens (primary N) is 1. The first-order valence-corrected chi connectivity index (χ1v) is 8.08. The van der Waals surface area contributed by atoms with Crippen LogP contribution in [0.3, 0.4) is 0 Å². The summed E-state index contributed by atoms with van der Waals surface area (Å²) >= 11 is 5.99. The molecule has 0 fully saturated rings. The Kier molecular flexibility index (Phi) is 3.30. The summed E-state index contributed by atoms with van der Waals surface area (Å²) in [4.78, 5) is -0.135. The van der Waals surface area contributed by atoms with Crippen molar-refractivity contribution in [3.8, 4) is 0 Å². The average molecular weight is 327 g/mol. The predicted octanol–water partition coefficient (Wildman–Crippen LogP) is 2.81. The van der Waals surface area contributed by atoms with E-state index in [-0.39, 0.29) is 22.2 Å². The Morgan fingerprint density at radius 3 is 2.71 bits per heavy atom. The van der Waals surface area contributed by atoms with Gasteiger partial charge in [-0.1, -0.05) is 23.7 Å². The monoisotopic (exact) mass is 326 g/mol. The molecule has 110 valence electrons. The highest BCUT2D eigenvalue weighted by Gasteiger charge is 2.33. The number of fused-ring (bicyclic) bond motifs is 1. The molecule has 0 amide bonds. The lowest BCUT2D eigenvalue weighted by molar-refractivity contribution is 0.592. The zero-order valence-corrected chi connectivity index (χ0v) is 12.5. The topological polar surface area (TPSA) is 63.4 Å². The largest absolute Gasteiger partial charge is 0.398 e. The summed E-state index contributed by atoms with van der Waals surface area (Å²) in [6, 6.07) is 8.64. The maximum atomic E-state index is 13.4. The van der Waals surface area contributed by atoms with Crippen LogP contribution in [0, 0.1) is 5.82 Å². The van der Waals surface area contributed by atoms with Crippen molar-refractivity contribution in [1.82, 2.24) is 0 Å². The van der Waals surface area contributed by atoms with Crippen molar-refractivity contribution < 1.29 is 12.8 Å². The van der Waals surface area contributed by atoms with Gasteiger partial charge >= 0.3 is 0 Å². The molecular weight excluding hydrogens is 315 g/mol. The van der Waals surface area contributed by atoms with E-state index in [2.05, 4.69) is 0 Å². The minimum atomic E-state index is -3.92. The number of anilines is 2. The Balaban J connectivity index is 2.16. The first-order chi connectivity index (χ1) is 9.91. The first-order valence-electron chi connectivity index (χ1n) is 6.26. The molecule has 7 heteroatoms. The molecule has 2 aromatic carbocycles. The van der Waals surface area contributed by atoms with Gasteiger partial charge in [0.1, 0.15) is 10.7 Å². The third-order valence-corrected chi connectivity index (χ3v) is 5.80.